The van der Waals surface area contributed by atoms with Gasteiger partial charge in [-0.1, -0.05) is 18.1 Å². The Morgan fingerprint density at radius 3 is 3.05 bits per heavy atom. The zero-order valence-electron chi connectivity index (χ0n) is 12.1. The molecule has 0 aliphatic heterocycles. The molecule has 0 saturated carbocycles. The molecule has 0 spiro atoms. The van der Waals surface area contributed by atoms with Gasteiger partial charge in [0.15, 0.2) is 5.69 Å². The van der Waals surface area contributed by atoms with E-state index in [-0.39, 0.29) is 11.7 Å². The number of hydrogen-bond donors (Lipinski definition) is 1. The summed E-state index contributed by atoms with van der Waals surface area (Å²) in [5.74, 6) is 0.620. The first-order chi connectivity index (χ1) is 10.0. The monoisotopic (exact) mass is 288 g/mol. The van der Waals surface area contributed by atoms with Gasteiger partial charge in [-0.2, -0.15) is 0 Å². The van der Waals surface area contributed by atoms with Gasteiger partial charge in [0.05, 0.1) is 0 Å². The van der Waals surface area contributed by atoms with Gasteiger partial charge in [0, 0.05) is 17.7 Å². The smallest absolute Gasteiger partial charge is 0.278 e. The van der Waals surface area contributed by atoms with E-state index in [2.05, 4.69) is 17.4 Å². The van der Waals surface area contributed by atoms with Crippen molar-refractivity contribution in [2.75, 3.05) is 5.32 Å². The molecule has 1 aliphatic carbocycles. The van der Waals surface area contributed by atoms with E-state index >= 15 is 0 Å². The number of anilines is 1. The Hall–Kier alpha value is -2.17. The molecular weight excluding hydrogens is 271 g/mol. The zero-order chi connectivity index (χ0) is 15.0. The number of hydrogen-bond acceptors (Lipinski definition) is 3. The molecule has 1 atom stereocenters. The van der Waals surface area contributed by atoms with E-state index in [0.717, 1.165) is 30.6 Å². The number of carbonyl (C=O) groups excluding carboxylic acids is 1. The molecule has 0 bridgehead atoms. The van der Waals surface area contributed by atoms with E-state index in [0.29, 0.717) is 22.9 Å². The van der Waals surface area contributed by atoms with Crippen LogP contribution in [0.1, 0.15) is 40.7 Å². The fourth-order valence-electron chi connectivity index (χ4n) is 2.62. The van der Waals surface area contributed by atoms with Crippen LogP contribution in [0.4, 0.5) is 10.1 Å². The summed E-state index contributed by atoms with van der Waals surface area (Å²) in [6.07, 6.45) is 2.66. The first kappa shape index (κ1) is 13.8. The molecule has 1 aliphatic rings. The lowest BCUT2D eigenvalue weighted by Gasteiger charge is -2.16. The first-order valence-corrected chi connectivity index (χ1v) is 7.09. The van der Waals surface area contributed by atoms with Gasteiger partial charge < -0.3 is 9.84 Å². The molecule has 4 nitrogen and oxygen atoms in total. The predicted molar refractivity (Wildman–Crippen MR) is 76.8 cm³/mol. The van der Waals surface area contributed by atoms with Gasteiger partial charge in [-0.15, -0.1) is 0 Å². The maximum Gasteiger partial charge on any atom is 0.278 e. The highest BCUT2D eigenvalue weighted by Crippen LogP contribution is 2.28. The summed E-state index contributed by atoms with van der Waals surface area (Å²) in [6.45, 7) is 3.82. The molecule has 0 saturated heterocycles. The number of aromatic nitrogens is 1. The maximum absolute atomic E-state index is 13.5. The van der Waals surface area contributed by atoms with Gasteiger partial charge in [-0.3, -0.25) is 4.79 Å². The Balaban J connectivity index is 1.83. The molecular formula is C16H17FN2O2. The van der Waals surface area contributed by atoms with Crippen molar-refractivity contribution in [3.63, 3.8) is 0 Å². The second kappa shape index (κ2) is 5.31. The molecule has 2 aromatic rings. The van der Waals surface area contributed by atoms with Crippen LogP contribution < -0.4 is 5.32 Å². The largest absolute Gasteiger partial charge is 0.360 e. The molecule has 21 heavy (non-hydrogen) atoms. The SMILES string of the molecule is Cc1ccc(NC(=O)c2noc3c2C[C@@H](C)CC3)cc1F. The lowest BCUT2D eigenvalue weighted by atomic mass is 9.88. The minimum absolute atomic E-state index is 0.317. The van der Waals surface area contributed by atoms with Crippen LogP contribution >= 0.6 is 0 Å². The van der Waals surface area contributed by atoms with Gasteiger partial charge in [-0.05, 0) is 43.4 Å². The Kier molecular flexibility index (Phi) is 3.49. The summed E-state index contributed by atoms with van der Waals surface area (Å²) in [7, 11) is 0. The standard InChI is InChI=1S/C16H17FN2O2/c1-9-3-6-14-12(7-9)15(19-21-14)16(20)18-11-5-4-10(2)13(17)8-11/h4-5,8-9H,3,6-7H2,1-2H3,(H,18,20)/t9-/m0/s1. The minimum atomic E-state index is -0.350. The quantitative estimate of drug-likeness (QED) is 0.920. The van der Waals surface area contributed by atoms with Crippen molar-refractivity contribution in [3.05, 3.63) is 46.6 Å². The Morgan fingerprint density at radius 2 is 2.29 bits per heavy atom. The predicted octanol–water partition coefficient (Wildman–Crippen LogP) is 3.50. The van der Waals surface area contributed by atoms with Crippen molar-refractivity contribution < 1.29 is 13.7 Å². The summed E-state index contributed by atoms with van der Waals surface area (Å²) >= 11 is 0. The molecule has 0 radical (unpaired) electrons. The number of carbonyl (C=O) groups is 1. The van der Waals surface area contributed by atoms with E-state index in [9.17, 15) is 9.18 Å². The van der Waals surface area contributed by atoms with Crippen LogP contribution in [-0.4, -0.2) is 11.1 Å². The third-order valence-electron chi connectivity index (χ3n) is 3.93. The first-order valence-electron chi connectivity index (χ1n) is 7.09. The molecule has 110 valence electrons. The van der Waals surface area contributed by atoms with Gasteiger partial charge >= 0.3 is 0 Å². The molecule has 0 unspecified atom stereocenters. The Morgan fingerprint density at radius 1 is 1.48 bits per heavy atom. The molecule has 1 amide bonds. The average molecular weight is 288 g/mol. The summed E-state index contributed by atoms with van der Waals surface area (Å²) in [5, 5.41) is 6.56. The van der Waals surface area contributed by atoms with Crippen molar-refractivity contribution >= 4 is 11.6 Å². The molecule has 1 aromatic heterocycles. The van der Waals surface area contributed by atoms with E-state index < -0.39 is 0 Å². The highest BCUT2D eigenvalue weighted by molar-refractivity contribution is 6.03. The molecule has 0 fully saturated rings. The fourth-order valence-corrected chi connectivity index (χ4v) is 2.62. The lowest BCUT2D eigenvalue weighted by molar-refractivity contribution is 0.101. The van der Waals surface area contributed by atoms with Crippen LogP contribution in [-0.2, 0) is 12.8 Å². The molecule has 1 heterocycles. The van der Waals surface area contributed by atoms with Crippen molar-refractivity contribution in [2.24, 2.45) is 5.92 Å². The van der Waals surface area contributed by atoms with Gasteiger partial charge in [0.2, 0.25) is 0 Å². The molecule has 5 heteroatoms. The highest BCUT2D eigenvalue weighted by atomic mass is 19.1. The van der Waals surface area contributed by atoms with Crippen molar-refractivity contribution in [1.29, 1.82) is 0 Å². The summed E-state index contributed by atoms with van der Waals surface area (Å²) in [6, 6.07) is 4.61. The van der Waals surface area contributed by atoms with Gasteiger partial charge in [0.1, 0.15) is 11.6 Å². The van der Waals surface area contributed by atoms with Crippen LogP contribution in [0.25, 0.3) is 0 Å². The van der Waals surface area contributed by atoms with Crippen molar-refractivity contribution in [2.45, 2.75) is 33.1 Å². The number of benzene rings is 1. The number of nitrogens with one attached hydrogen (secondary N) is 1. The van der Waals surface area contributed by atoms with Crippen LogP contribution in [0.5, 0.6) is 0 Å². The Labute approximate surface area is 122 Å². The topological polar surface area (TPSA) is 55.1 Å². The number of rotatable bonds is 2. The molecule has 3 rings (SSSR count). The maximum atomic E-state index is 13.5. The van der Waals surface area contributed by atoms with E-state index in [1.165, 1.54) is 6.07 Å². The number of amides is 1. The van der Waals surface area contributed by atoms with Crippen LogP contribution in [0.2, 0.25) is 0 Å². The Bertz CT molecular complexity index is 694. The second-order valence-corrected chi connectivity index (χ2v) is 5.70. The van der Waals surface area contributed by atoms with E-state index in [1.807, 2.05) is 0 Å². The number of halogens is 1. The van der Waals surface area contributed by atoms with E-state index in [1.54, 1.807) is 19.1 Å². The third-order valence-corrected chi connectivity index (χ3v) is 3.93. The number of aryl methyl sites for hydroxylation is 2. The minimum Gasteiger partial charge on any atom is -0.360 e. The fraction of sp³-hybridized carbons (Fsp3) is 0.375. The van der Waals surface area contributed by atoms with Crippen molar-refractivity contribution in [1.82, 2.24) is 5.16 Å². The van der Waals surface area contributed by atoms with Crippen LogP contribution in [0.3, 0.4) is 0 Å². The second-order valence-electron chi connectivity index (χ2n) is 5.70. The summed E-state index contributed by atoms with van der Waals surface area (Å²) < 4.78 is 18.8. The highest BCUT2D eigenvalue weighted by Gasteiger charge is 2.26. The molecule has 1 N–H and O–H groups in total. The van der Waals surface area contributed by atoms with Crippen molar-refractivity contribution in [3.8, 4) is 0 Å². The molecule has 1 aromatic carbocycles. The lowest BCUT2D eigenvalue weighted by Crippen LogP contribution is -2.18. The summed E-state index contributed by atoms with van der Waals surface area (Å²) in [4.78, 5) is 12.3. The average Bonchev–Trinajstić information content (AvgIpc) is 2.86. The zero-order valence-corrected chi connectivity index (χ0v) is 12.1. The number of fused-ring (bicyclic) bond motifs is 1. The van der Waals surface area contributed by atoms with E-state index in [4.69, 9.17) is 4.52 Å². The van der Waals surface area contributed by atoms with Gasteiger partial charge in [0.25, 0.3) is 5.91 Å². The normalized spacial score (nSPS) is 17.4. The van der Waals surface area contributed by atoms with Crippen LogP contribution in [0, 0.1) is 18.7 Å². The number of nitrogens with zero attached hydrogens (tertiary/aromatic N) is 1. The van der Waals surface area contributed by atoms with Crippen LogP contribution in [0.15, 0.2) is 22.7 Å². The summed E-state index contributed by atoms with van der Waals surface area (Å²) in [5.41, 5.74) is 2.17. The van der Waals surface area contributed by atoms with Gasteiger partial charge in [-0.25, -0.2) is 4.39 Å². The third kappa shape index (κ3) is 2.68.